The van der Waals surface area contributed by atoms with Crippen LogP contribution in [0.4, 0.5) is 17.3 Å². The first-order chi connectivity index (χ1) is 14.6. The Labute approximate surface area is 175 Å². The molecule has 2 bridgehead atoms. The molecule has 152 valence electrons. The molecule has 5 heterocycles. The van der Waals surface area contributed by atoms with Crippen molar-refractivity contribution in [3.05, 3.63) is 54.7 Å². The van der Waals surface area contributed by atoms with Crippen LogP contribution in [0.5, 0.6) is 0 Å². The van der Waals surface area contributed by atoms with E-state index in [-0.39, 0.29) is 17.7 Å². The first-order valence-electron chi connectivity index (χ1n) is 10.1. The van der Waals surface area contributed by atoms with Crippen molar-refractivity contribution in [2.24, 2.45) is 5.92 Å². The molecule has 8 heteroatoms. The Hall–Kier alpha value is -3.55. The largest absolute Gasteiger partial charge is 0.370 e. The number of nitrogens with one attached hydrogen (secondary N) is 1. The summed E-state index contributed by atoms with van der Waals surface area (Å²) in [6.45, 7) is 1.83. The number of fused-ring (bicyclic) bond motifs is 4. The highest BCUT2D eigenvalue weighted by Crippen LogP contribution is 2.44. The monoisotopic (exact) mass is 401 g/mol. The molecule has 2 aliphatic heterocycles. The van der Waals surface area contributed by atoms with Crippen LogP contribution in [0.15, 0.2) is 49.1 Å². The minimum absolute atomic E-state index is 0.0750. The molecule has 2 aliphatic rings. The van der Waals surface area contributed by atoms with E-state index < -0.39 is 0 Å². The number of amides is 1. The second-order valence-corrected chi connectivity index (χ2v) is 7.95. The lowest BCUT2D eigenvalue weighted by Gasteiger charge is -2.32. The molecule has 3 aromatic rings. The van der Waals surface area contributed by atoms with Gasteiger partial charge >= 0.3 is 0 Å². The summed E-state index contributed by atoms with van der Waals surface area (Å²) < 4.78 is 0. The third kappa shape index (κ3) is 3.24. The molecule has 1 unspecified atom stereocenters. The van der Waals surface area contributed by atoms with E-state index >= 15 is 0 Å². The maximum Gasteiger partial charge on any atom is 0.235 e. The summed E-state index contributed by atoms with van der Waals surface area (Å²) in [6.07, 6.45) is 7.52. The van der Waals surface area contributed by atoms with Gasteiger partial charge in [0.1, 0.15) is 5.82 Å². The predicted molar refractivity (Wildman–Crippen MR) is 116 cm³/mol. The number of carbonyl (C=O) groups is 1. The average Bonchev–Trinajstić information content (AvgIpc) is 3.18. The third-order valence-corrected chi connectivity index (χ3v) is 5.83. The lowest BCUT2D eigenvalue weighted by atomic mass is 9.84. The molecule has 2 atom stereocenters. The number of carbonyl (C=O) groups excluding carboxylic acids is 1. The molecule has 3 aromatic heterocycles. The Morgan fingerprint density at radius 3 is 2.77 bits per heavy atom. The molecule has 8 nitrogen and oxygen atoms in total. The van der Waals surface area contributed by atoms with Gasteiger partial charge in [0, 0.05) is 51.3 Å². The fourth-order valence-corrected chi connectivity index (χ4v) is 4.33. The maximum atomic E-state index is 13.2. The van der Waals surface area contributed by atoms with E-state index in [0.29, 0.717) is 5.82 Å². The van der Waals surface area contributed by atoms with Gasteiger partial charge in [-0.1, -0.05) is 0 Å². The number of anilines is 3. The van der Waals surface area contributed by atoms with Crippen LogP contribution in [-0.2, 0) is 4.79 Å². The Bertz CT molecular complexity index is 1070. The van der Waals surface area contributed by atoms with Gasteiger partial charge in [-0.2, -0.15) is 0 Å². The van der Waals surface area contributed by atoms with Crippen LogP contribution in [0, 0.1) is 5.92 Å². The zero-order chi connectivity index (χ0) is 20.7. The standard InChI is InChI=1S/C22H23N7O/c1-28(2)19-6-3-14(11-25-19)16-4-5-17-21(26-16)20(15-7-10-29(17)13-15)22(30)27-18-12-23-8-9-24-18/h3-6,8-9,11-12,15,20H,7,10,13H2,1-2H3,(H,24,27,30)/t15-,20?/m0/s1. The van der Waals surface area contributed by atoms with Crippen molar-refractivity contribution in [3.63, 3.8) is 0 Å². The second-order valence-electron chi connectivity index (χ2n) is 7.95. The SMILES string of the molecule is CN(C)c1ccc(-c2ccc3c(n2)C(C(=O)Nc2cnccn2)[C@H]2CCN3C2)cn1. The molecule has 30 heavy (non-hydrogen) atoms. The fourth-order valence-electron chi connectivity index (χ4n) is 4.33. The second kappa shape index (κ2) is 7.37. The Kier molecular flexibility index (Phi) is 4.54. The van der Waals surface area contributed by atoms with Gasteiger partial charge in [0.05, 0.1) is 29.2 Å². The van der Waals surface area contributed by atoms with Crippen LogP contribution < -0.4 is 15.1 Å². The van der Waals surface area contributed by atoms with Gasteiger partial charge in [-0.15, -0.1) is 0 Å². The highest BCUT2D eigenvalue weighted by Gasteiger charge is 2.43. The molecule has 0 saturated carbocycles. The molecule has 5 rings (SSSR count). The third-order valence-electron chi connectivity index (χ3n) is 5.83. The Morgan fingerprint density at radius 2 is 2.03 bits per heavy atom. The van der Waals surface area contributed by atoms with Crippen LogP contribution >= 0.6 is 0 Å². The zero-order valence-corrected chi connectivity index (χ0v) is 17.0. The molecule has 0 spiro atoms. The van der Waals surface area contributed by atoms with Crippen LogP contribution in [-0.4, -0.2) is 53.0 Å². The summed E-state index contributed by atoms with van der Waals surface area (Å²) in [5.41, 5.74) is 3.64. The van der Waals surface area contributed by atoms with Gasteiger partial charge in [0.15, 0.2) is 5.82 Å². The number of hydrogen-bond acceptors (Lipinski definition) is 7. The molecule has 1 N–H and O–H groups in total. The molecule has 1 fully saturated rings. The van der Waals surface area contributed by atoms with Crippen LogP contribution in [0.2, 0.25) is 0 Å². The summed E-state index contributed by atoms with van der Waals surface area (Å²) in [7, 11) is 3.92. The normalized spacial score (nSPS) is 19.3. The summed E-state index contributed by atoms with van der Waals surface area (Å²) in [5, 5.41) is 2.93. The van der Waals surface area contributed by atoms with Crippen molar-refractivity contribution in [2.75, 3.05) is 42.3 Å². The van der Waals surface area contributed by atoms with Gasteiger partial charge in [-0.3, -0.25) is 9.78 Å². The Balaban J connectivity index is 1.50. The van der Waals surface area contributed by atoms with E-state index in [1.807, 2.05) is 43.4 Å². The van der Waals surface area contributed by atoms with Gasteiger partial charge < -0.3 is 15.1 Å². The van der Waals surface area contributed by atoms with Crippen molar-refractivity contribution >= 4 is 23.2 Å². The predicted octanol–water partition coefficient (Wildman–Crippen LogP) is 2.56. The number of rotatable bonds is 4. The van der Waals surface area contributed by atoms with Crippen molar-refractivity contribution in [2.45, 2.75) is 12.3 Å². The number of aromatic nitrogens is 4. The van der Waals surface area contributed by atoms with E-state index in [4.69, 9.17) is 4.98 Å². The minimum atomic E-state index is -0.310. The fraction of sp³-hybridized carbons (Fsp3) is 0.318. The van der Waals surface area contributed by atoms with Crippen molar-refractivity contribution < 1.29 is 4.79 Å². The van der Waals surface area contributed by atoms with Crippen LogP contribution in [0.3, 0.4) is 0 Å². The van der Waals surface area contributed by atoms with Crippen molar-refractivity contribution in [1.82, 2.24) is 19.9 Å². The minimum Gasteiger partial charge on any atom is -0.370 e. The van der Waals surface area contributed by atoms with E-state index in [2.05, 4.69) is 31.2 Å². The van der Waals surface area contributed by atoms with E-state index in [9.17, 15) is 4.79 Å². The summed E-state index contributed by atoms with van der Waals surface area (Å²) in [5.74, 6) is 1.21. The number of pyridine rings is 2. The summed E-state index contributed by atoms with van der Waals surface area (Å²) in [6, 6.07) is 8.09. The van der Waals surface area contributed by atoms with Gasteiger partial charge in [0.25, 0.3) is 0 Å². The van der Waals surface area contributed by atoms with Crippen molar-refractivity contribution in [1.29, 1.82) is 0 Å². The molecule has 0 aromatic carbocycles. The zero-order valence-electron chi connectivity index (χ0n) is 17.0. The van der Waals surface area contributed by atoms with Crippen LogP contribution in [0.1, 0.15) is 18.0 Å². The number of nitrogens with zero attached hydrogens (tertiary/aromatic N) is 6. The first kappa shape index (κ1) is 18.5. The lowest BCUT2D eigenvalue weighted by Crippen LogP contribution is -2.36. The lowest BCUT2D eigenvalue weighted by molar-refractivity contribution is -0.118. The van der Waals surface area contributed by atoms with Gasteiger partial charge in [0.2, 0.25) is 5.91 Å². The number of hydrogen-bond donors (Lipinski definition) is 1. The summed E-state index contributed by atoms with van der Waals surface area (Å²) >= 11 is 0. The summed E-state index contributed by atoms with van der Waals surface area (Å²) in [4.78, 5) is 35.2. The van der Waals surface area contributed by atoms with E-state index in [1.165, 1.54) is 0 Å². The molecule has 1 amide bonds. The highest BCUT2D eigenvalue weighted by molar-refractivity contribution is 5.96. The van der Waals surface area contributed by atoms with E-state index in [1.54, 1.807) is 18.6 Å². The Morgan fingerprint density at radius 1 is 1.13 bits per heavy atom. The van der Waals surface area contributed by atoms with Gasteiger partial charge in [-0.05, 0) is 36.6 Å². The van der Waals surface area contributed by atoms with Crippen molar-refractivity contribution in [3.8, 4) is 11.3 Å². The maximum absolute atomic E-state index is 13.2. The van der Waals surface area contributed by atoms with E-state index in [0.717, 1.165) is 48.0 Å². The molecule has 0 aliphatic carbocycles. The molecule has 1 saturated heterocycles. The molecular weight excluding hydrogens is 378 g/mol. The van der Waals surface area contributed by atoms with Crippen LogP contribution in [0.25, 0.3) is 11.3 Å². The average molecular weight is 401 g/mol. The molecule has 0 radical (unpaired) electrons. The van der Waals surface area contributed by atoms with Gasteiger partial charge in [-0.25, -0.2) is 15.0 Å². The highest BCUT2D eigenvalue weighted by atomic mass is 16.2. The first-order valence-corrected chi connectivity index (χ1v) is 10.1. The smallest absolute Gasteiger partial charge is 0.235 e. The topological polar surface area (TPSA) is 87.1 Å². The quantitative estimate of drug-likeness (QED) is 0.719. The molecular formula is C22H23N7O.